The Balaban J connectivity index is 0. The van der Waals surface area contributed by atoms with E-state index in [4.69, 9.17) is 0 Å². The molecule has 0 aromatic rings. The van der Waals surface area contributed by atoms with Crippen molar-refractivity contribution in [3.05, 3.63) is 0 Å². The van der Waals surface area contributed by atoms with Gasteiger partial charge in [0.15, 0.2) is 0 Å². The monoisotopic (exact) mass is 472 g/mol. The molecular weight excluding hydrogens is 453 g/mol. The van der Waals surface area contributed by atoms with Crippen molar-refractivity contribution in [1.29, 1.82) is 0 Å². The van der Waals surface area contributed by atoms with Gasteiger partial charge in [-0.1, -0.05) is 0 Å². The van der Waals surface area contributed by atoms with Gasteiger partial charge in [0.2, 0.25) is 0 Å². The molecule has 17 heavy (non-hydrogen) atoms. The summed E-state index contributed by atoms with van der Waals surface area (Å²) in [5.41, 5.74) is 0. The molecule has 0 amide bonds. The molecule has 0 saturated heterocycles. The van der Waals surface area contributed by atoms with Crippen LogP contribution in [0.3, 0.4) is 0 Å². The van der Waals surface area contributed by atoms with E-state index in [0.717, 1.165) is 0 Å². The largest absolute Gasteiger partial charge is 4.00 e. The number of hydrogen-bond acceptors (Lipinski definition) is 13. The van der Waals surface area contributed by atoms with E-state index in [1.54, 1.807) is 0 Å². The van der Waals surface area contributed by atoms with Crippen LogP contribution in [-0.4, -0.2) is 88.6 Å². The van der Waals surface area contributed by atoms with E-state index in [2.05, 4.69) is 0 Å². The van der Waals surface area contributed by atoms with E-state index >= 15 is 0 Å². The fourth-order valence-electron chi connectivity index (χ4n) is 0. The van der Waals surface area contributed by atoms with Crippen LogP contribution in [-0.2, 0) is 21.7 Å². The maximum atomic E-state index is 0. The van der Waals surface area contributed by atoms with Gasteiger partial charge >= 0.3 is 74.7 Å². The molecule has 0 aliphatic rings. The quantitative estimate of drug-likeness (QED) is 0.245. The molecule has 112 valence electrons. The Hall–Kier alpha value is 2.35. The van der Waals surface area contributed by atoms with Crippen LogP contribution >= 0.6 is 9.90 Å². The molecule has 0 heterocycles. The normalized spacial score (nSPS) is 0. The average molecular weight is 472 g/mol. The second-order valence-corrected chi connectivity index (χ2v) is 0. The molecule has 0 bridgehead atoms. The fourth-order valence-corrected chi connectivity index (χ4v) is 0. The van der Waals surface area contributed by atoms with Crippen LogP contribution < -0.4 is 0 Å². The fraction of sp³-hybridized carbons (Fsp3) is 0. The molecular formula is H19AlLaO13PTi. The summed E-state index contributed by atoms with van der Waals surface area (Å²) in [6, 6.07) is 0. The standard InChI is InChI=1S/Al.La.13H2O.H6P.Ti/h;;13*1H2;1H6;/q2*+3;;;;;;;;;;;;;;+3;+4/p-13. The molecule has 0 rings (SSSR count). The van der Waals surface area contributed by atoms with Crippen LogP contribution in [0.5, 0.6) is 0 Å². The summed E-state index contributed by atoms with van der Waals surface area (Å²) >= 11 is 0. The summed E-state index contributed by atoms with van der Waals surface area (Å²) in [5, 5.41) is 0. The Labute approximate surface area is 154 Å². The van der Waals surface area contributed by atoms with Gasteiger partial charge in [-0.3, -0.25) is 9.90 Å². The Morgan fingerprint density at radius 2 is 0.294 bits per heavy atom. The third-order valence-electron chi connectivity index (χ3n) is 0. The molecule has 0 aliphatic carbocycles. The van der Waals surface area contributed by atoms with E-state index in [-0.39, 0.29) is 156 Å². The van der Waals surface area contributed by atoms with Gasteiger partial charge in [0.05, 0.1) is 0 Å². The Morgan fingerprint density at radius 3 is 0.294 bits per heavy atom. The van der Waals surface area contributed by atoms with Crippen molar-refractivity contribution in [2.45, 2.75) is 0 Å². The van der Waals surface area contributed by atoms with Crippen LogP contribution in [0, 0.1) is 35.6 Å². The summed E-state index contributed by atoms with van der Waals surface area (Å²) in [6.45, 7) is 0. The van der Waals surface area contributed by atoms with Crippen molar-refractivity contribution in [3.8, 4) is 0 Å². The van der Waals surface area contributed by atoms with Crippen LogP contribution in [0.1, 0.15) is 0 Å². The molecule has 0 radical (unpaired) electrons. The SMILES string of the molecule is [Al+3].[La+3].[OH-].[OH-].[OH-].[OH-].[OH-].[OH-].[OH-].[OH-].[OH-].[OH-].[OH-].[OH-].[OH-].[PH6+3].[Ti+4]. The first kappa shape index (κ1) is 1180. The zero-order valence-corrected chi connectivity index (χ0v) is 13.8. The average Bonchev–Trinajstić information content (AvgIpc) is 0. The van der Waals surface area contributed by atoms with Gasteiger partial charge in [0.25, 0.3) is 0 Å². The van der Waals surface area contributed by atoms with Gasteiger partial charge in [0.1, 0.15) is 0 Å². The van der Waals surface area contributed by atoms with Crippen molar-refractivity contribution in [2.24, 2.45) is 0 Å². The van der Waals surface area contributed by atoms with Gasteiger partial charge in [-0.25, -0.2) is 0 Å². The number of rotatable bonds is 0. The molecule has 13 N–H and O–H groups in total. The van der Waals surface area contributed by atoms with Crippen LogP contribution in [0.25, 0.3) is 0 Å². The maximum absolute atomic E-state index is 0. The molecule has 0 spiro atoms. The summed E-state index contributed by atoms with van der Waals surface area (Å²) in [6.07, 6.45) is 0. The third kappa shape index (κ3) is 887. The van der Waals surface area contributed by atoms with Gasteiger partial charge in [0, 0.05) is 0 Å². The smallest absolute Gasteiger partial charge is 0.870 e. The van der Waals surface area contributed by atoms with E-state index < -0.39 is 0 Å². The molecule has 0 atom stereocenters. The topological polar surface area (TPSA) is 390 Å². The first-order valence-electron chi connectivity index (χ1n) is 0. The minimum Gasteiger partial charge on any atom is -0.870 e. The van der Waals surface area contributed by atoms with E-state index in [1.807, 2.05) is 0 Å². The number of hydrogen-bond donors (Lipinski definition) is 0. The van der Waals surface area contributed by atoms with E-state index in [0.29, 0.717) is 0 Å². The first-order valence-corrected chi connectivity index (χ1v) is 0. The zero-order chi connectivity index (χ0) is 0. The van der Waals surface area contributed by atoms with Crippen molar-refractivity contribution in [2.75, 3.05) is 0 Å². The van der Waals surface area contributed by atoms with Crippen molar-refractivity contribution < 1.29 is 129 Å². The van der Waals surface area contributed by atoms with Crippen LogP contribution in [0.15, 0.2) is 0 Å². The van der Waals surface area contributed by atoms with Gasteiger partial charge < -0.3 is 71.2 Å². The van der Waals surface area contributed by atoms with Crippen LogP contribution in [0.4, 0.5) is 0 Å². The Morgan fingerprint density at radius 1 is 0.294 bits per heavy atom. The molecule has 17 heteroatoms. The summed E-state index contributed by atoms with van der Waals surface area (Å²) in [4.78, 5) is 0. The summed E-state index contributed by atoms with van der Waals surface area (Å²) in [7, 11) is 0. The summed E-state index contributed by atoms with van der Waals surface area (Å²) in [5.74, 6) is 0. The minimum absolute atomic E-state index is 0. The maximum Gasteiger partial charge on any atom is 4.00 e. The molecule has 0 aromatic carbocycles. The van der Waals surface area contributed by atoms with E-state index in [9.17, 15) is 0 Å². The molecule has 0 aliphatic heterocycles. The second-order valence-electron chi connectivity index (χ2n) is 0. The molecule has 0 unspecified atom stereocenters. The Kier molecular flexibility index (Phi) is 69300. The second kappa shape index (κ2) is 999. The Bertz CT molecular complexity index is 21.4. The third-order valence-corrected chi connectivity index (χ3v) is 0. The van der Waals surface area contributed by atoms with Crippen LogP contribution in [0.2, 0.25) is 0 Å². The van der Waals surface area contributed by atoms with Crippen molar-refractivity contribution in [3.63, 3.8) is 0 Å². The first-order chi connectivity index (χ1) is 0. The molecule has 0 saturated carbocycles. The van der Waals surface area contributed by atoms with E-state index in [1.165, 1.54) is 0 Å². The minimum atomic E-state index is 0. The zero-order valence-electron chi connectivity index (χ0n) is 7.47. The van der Waals surface area contributed by atoms with Gasteiger partial charge in [-0.2, -0.15) is 0 Å². The molecule has 0 aromatic heterocycles. The molecule has 0 fully saturated rings. The predicted octanol–water partition coefficient (Wildman–Crippen LogP) is -3.43. The van der Waals surface area contributed by atoms with Gasteiger partial charge in [-0.05, 0) is 0 Å². The predicted molar refractivity (Wildman–Crippen MR) is 46.2 cm³/mol. The van der Waals surface area contributed by atoms with Gasteiger partial charge in [-0.15, -0.1) is 0 Å². The van der Waals surface area contributed by atoms with Crippen molar-refractivity contribution in [1.82, 2.24) is 0 Å². The molecule has 13 nitrogen and oxygen atoms in total. The summed E-state index contributed by atoms with van der Waals surface area (Å²) < 4.78 is 0. The van der Waals surface area contributed by atoms with Crippen molar-refractivity contribution >= 4 is 27.3 Å².